The van der Waals surface area contributed by atoms with E-state index in [1.165, 1.54) is 6.08 Å². The van der Waals surface area contributed by atoms with Crippen molar-refractivity contribution in [2.24, 2.45) is 0 Å². The Morgan fingerprint density at radius 1 is 1.00 bits per heavy atom. The molecule has 1 atom stereocenters. The van der Waals surface area contributed by atoms with Gasteiger partial charge in [0.05, 0.1) is 0 Å². The van der Waals surface area contributed by atoms with E-state index in [0.29, 0.717) is 5.57 Å². The van der Waals surface area contributed by atoms with Crippen molar-refractivity contribution in [1.29, 1.82) is 0 Å². The molecule has 0 bridgehead atoms. The van der Waals surface area contributed by atoms with Crippen molar-refractivity contribution in [2.45, 2.75) is 12.5 Å². The maximum absolute atomic E-state index is 9.48. The predicted octanol–water partition coefficient (Wildman–Crippen LogP) is 2.42. The average molecular weight is 246 g/mol. The molecule has 0 fully saturated rings. The highest BCUT2D eigenvalue weighted by molar-refractivity contribution is 5.55. The van der Waals surface area contributed by atoms with Gasteiger partial charge in [0, 0.05) is 6.42 Å². The van der Waals surface area contributed by atoms with E-state index in [2.05, 4.69) is 0 Å². The maximum Gasteiger partial charge on any atom is 0.163 e. The Labute approximate surface area is 104 Å². The number of aromatic hydroxyl groups is 1. The van der Waals surface area contributed by atoms with Crippen LogP contribution in [-0.4, -0.2) is 26.5 Å². The second-order valence-electron chi connectivity index (χ2n) is 4.13. The molecular weight excluding hydrogens is 232 g/mol. The number of allylic oxidation sites excluding steroid dienone is 2. The summed E-state index contributed by atoms with van der Waals surface area (Å²) < 4.78 is 0. The zero-order valence-corrected chi connectivity index (χ0v) is 9.61. The van der Waals surface area contributed by atoms with Gasteiger partial charge in [0.1, 0.15) is 11.9 Å². The van der Waals surface area contributed by atoms with Gasteiger partial charge in [-0.05, 0) is 29.3 Å². The lowest BCUT2D eigenvalue weighted by Gasteiger charge is -2.16. The Bertz CT molecular complexity index is 523. The molecule has 0 amide bonds. The Morgan fingerprint density at radius 2 is 1.67 bits per heavy atom. The van der Waals surface area contributed by atoms with E-state index < -0.39 is 11.9 Å². The van der Waals surface area contributed by atoms with Gasteiger partial charge in [0.15, 0.2) is 11.5 Å². The molecule has 18 heavy (non-hydrogen) atoms. The van der Waals surface area contributed by atoms with Crippen molar-refractivity contribution in [3.63, 3.8) is 0 Å². The molecule has 4 nitrogen and oxygen atoms in total. The molecule has 2 rings (SSSR count). The standard InChI is InChI=1S/C14H14O4/c15-11-5-3-9(4-6-11)1-2-10-7-12(16)14(18)13(17)8-10/h1-7,13,15-18H,8H2/b2-1+. The summed E-state index contributed by atoms with van der Waals surface area (Å²) in [7, 11) is 0. The van der Waals surface area contributed by atoms with Crippen LogP contribution < -0.4 is 0 Å². The predicted molar refractivity (Wildman–Crippen MR) is 68.1 cm³/mol. The third-order valence-corrected chi connectivity index (χ3v) is 2.71. The van der Waals surface area contributed by atoms with Crippen LogP contribution in [0.3, 0.4) is 0 Å². The second-order valence-corrected chi connectivity index (χ2v) is 4.13. The zero-order valence-electron chi connectivity index (χ0n) is 9.61. The van der Waals surface area contributed by atoms with Gasteiger partial charge in [0.2, 0.25) is 0 Å². The maximum atomic E-state index is 9.48. The molecule has 4 heteroatoms. The number of phenols is 1. The van der Waals surface area contributed by atoms with Crippen LogP contribution in [0.15, 0.2) is 53.5 Å². The van der Waals surface area contributed by atoms with E-state index in [4.69, 9.17) is 5.11 Å². The Morgan fingerprint density at radius 3 is 2.28 bits per heavy atom. The van der Waals surface area contributed by atoms with Crippen LogP contribution in [0.5, 0.6) is 5.75 Å². The Kier molecular flexibility index (Phi) is 3.39. The van der Waals surface area contributed by atoms with Crippen LogP contribution in [0.1, 0.15) is 12.0 Å². The van der Waals surface area contributed by atoms with Crippen molar-refractivity contribution < 1.29 is 20.4 Å². The molecule has 0 aromatic heterocycles. The summed E-state index contributed by atoms with van der Waals surface area (Å²) in [6.07, 6.45) is 4.16. The minimum Gasteiger partial charge on any atom is -0.508 e. The first-order chi connectivity index (χ1) is 8.56. The molecule has 0 saturated heterocycles. The summed E-state index contributed by atoms with van der Waals surface area (Å²) in [5, 5.41) is 37.3. The molecule has 4 N–H and O–H groups in total. The molecule has 1 unspecified atom stereocenters. The van der Waals surface area contributed by atoms with Gasteiger partial charge in [-0.25, -0.2) is 0 Å². The van der Waals surface area contributed by atoms with E-state index in [0.717, 1.165) is 5.56 Å². The summed E-state index contributed by atoms with van der Waals surface area (Å²) in [6, 6.07) is 6.65. The first-order valence-electron chi connectivity index (χ1n) is 5.54. The van der Waals surface area contributed by atoms with Crippen molar-refractivity contribution in [1.82, 2.24) is 0 Å². The third-order valence-electron chi connectivity index (χ3n) is 2.71. The number of rotatable bonds is 2. The van der Waals surface area contributed by atoms with E-state index >= 15 is 0 Å². The summed E-state index contributed by atoms with van der Waals surface area (Å²) in [5.74, 6) is -0.499. The number of hydrogen-bond acceptors (Lipinski definition) is 4. The summed E-state index contributed by atoms with van der Waals surface area (Å²) in [6.45, 7) is 0. The number of aliphatic hydroxyl groups is 3. The van der Waals surface area contributed by atoms with Crippen LogP contribution in [0.25, 0.3) is 6.08 Å². The Hall–Kier alpha value is -2.20. The van der Waals surface area contributed by atoms with Crippen molar-refractivity contribution >= 4 is 6.08 Å². The highest BCUT2D eigenvalue weighted by Crippen LogP contribution is 2.23. The van der Waals surface area contributed by atoms with Crippen molar-refractivity contribution in [2.75, 3.05) is 0 Å². The fourth-order valence-electron chi connectivity index (χ4n) is 1.70. The molecule has 1 aromatic carbocycles. The topological polar surface area (TPSA) is 80.9 Å². The SMILES string of the molecule is OC1=C(O)C(O)CC(/C=C/c2ccc(O)cc2)=C1. The number of phenolic OH excluding ortho intramolecular Hbond substituents is 1. The van der Waals surface area contributed by atoms with Gasteiger partial charge in [-0.15, -0.1) is 0 Å². The minimum absolute atomic E-state index is 0.199. The van der Waals surface area contributed by atoms with Crippen LogP contribution in [0.4, 0.5) is 0 Å². The van der Waals surface area contributed by atoms with Crippen molar-refractivity contribution in [3.8, 4) is 5.75 Å². The number of aliphatic hydroxyl groups excluding tert-OH is 3. The zero-order chi connectivity index (χ0) is 13.1. The van der Waals surface area contributed by atoms with E-state index in [1.54, 1.807) is 36.4 Å². The van der Waals surface area contributed by atoms with Gasteiger partial charge >= 0.3 is 0 Å². The number of benzene rings is 1. The molecule has 0 radical (unpaired) electrons. The first kappa shape index (κ1) is 12.3. The molecule has 1 aliphatic carbocycles. The molecule has 94 valence electrons. The molecule has 0 aliphatic heterocycles. The van der Waals surface area contributed by atoms with E-state index in [1.807, 2.05) is 0 Å². The van der Waals surface area contributed by atoms with Gasteiger partial charge < -0.3 is 20.4 Å². The van der Waals surface area contributed by atoms with Crippen LogP contribution in [0.2, 0.25) is 0 Å². The first-order valence-corrected chi connectivity index (χ1v) is 5.54. The third kappa shape index (κ3) is 2.73. The molecule has 0 heterocycles. The molecular formula is C14H14O4. The Balaban J connectivity index is 2.15. The molecule has 1 aliphatic rings. The van der Waals surface area contributed by atoms with Crippen LogP contribution in [-0.2, 0) is 0 Å². The lowest BCUT2D eigenvalue weighted by Crippen LogP contribution is -2.16. The largest absolute Gasteiger partial charge is 0.508 e. The van der Waals surface area contributed by atoms with Gasteiger partial charge in [-0.3, -0.25) is 0 Å². The van der Waals surface area contributed by atoms with Gasteiger partial charge in [-0.1, -0.05) is 24.3 Å². The van der Waals surface area contributed by atoms with Crippen LogP contribution >= 0.6 is 0 Å². The lowest BCUT2D eigenvalue weighted by atomic mass is 9.99. The van der Waals surface area contributed by atoms with Gasteiger partial charge in [0.25, 0.3) is 0 Å². The van der Waals surface area contributed by atoms with Crippen LogP contribution in [0, 0.1) is 0 Å². The smallest absolute Gasteiger partial charge is 0.163 e. The highest BCUT2D eigenvalue weighted by Gasteiger charge is 2.19. The summed E-state index contributed by atoms with van der Waals surface area (Å²) in [4.78, 5) is 0. The normalized spacial score (nSPS) is 20.3. The monoisotopic (exact) mass is 246 g/mol. The fourth-order valence-corrected chi connectivity index (χ4v) is 1.70. The summed E-state index contributed by atoms with van der Waals surface area (Å²) in [5.41, 5.74) is 1.60. The highest BCUT2D eigenvalue weighted by atomic mass is 16.3. The number of hydrogen-bond donors (Lipinski definition) is 4. The molecule has 0 spiro atoms. The minimum atomic E-state index is -1.06. The van der Waals surface area contributed by atoms with Gasteiger partial charge in [-0.2, -0.15) is 0 Å². The van der Waals surface area contributed by atoms with E-state index in [-0.39, 0.29) is 17.9 Å². The van der Waals surface area contributed by atoms with E-state index in [9.17, 15) is 15.3 Å². The molecule has 0 saturated carbocycles. The summed E-state index contributed by atoms with van der Waals surface area (Å²) >= 11 is 0. The van der Waals surface area contributed by atoms with Crippen molar-refractivity contribution in [3.05, 3.63) is 59.1 Å². The lowest BCUT2D eigenvalue weighted by molar-refractivity contribution is 0.138. The fraction of sp³-hybridized carbons (Fsp3) is 0.143. The second kappa shape index (κ2) is 4.98. The quantitative estimate of drug-likeness (QED) is 0.646. The average Bonchev–Trinajstić information content (AvgIpc) is 2.35. The molecule has 1 aromatic rings.